The van der Waals surface area contributed by atoms with Gasteiger partial charge in [0.2, 0.25) is 5.91 Å². The Balaban J connectivity index is 1.34. The van der Waals surface area contributed by atoms with E-state index in [2.05, 4.69) is 20.9 Å². The van der Waals surface area contributed by atoms with E-state index in [1.807, 2.05) is 66.9 Å². The zero-order valence-electron chi connectivity index (χ0n) is 26.0. The highest BCUT2D eigenvalue weighted by Gasteiger charge is 2.26. The van der Waals surface area contributed by atoms with Crippen molar-refractivity contribution in [2.24, 2.45) is 0 Å². The lowest BCUT2D eigenvalue weighted by Crippen LogP contribution is -2.48. The highest BCUT2D eigenvalue weighted by atomic mass is 32.1. The Kier molecular flexibility index (Phi) is 11.1. The quantitative estimate of drug-likeness (QED) is 0.164. The van der Waals surface area contributed by atoms with Crippen molar-refractivity contribution in [2.75, 3.05) is 25.1 Å². The lowest BCUT2D eigenvalue weighted by molar-refractivity contribution is -0.117. The van der Waals surface area contributed by atoms with Gasteiger partial charge in [0.15, 0.2) is 0 Å². The summed E-state index contributed by atoms with van der Waals surface area (Å²) in [7, 11) is 1.62. The minimum atomic E-state index is -0.928. The minimum absolute atomic E-state index is 0.0540. The number of aromatic nitrogens is 1. The summed E-state index contributed by atoms with van der Waals surface area (Å²) in [6.45, 7) is 3.38. The van der Waals surface area contributed by atoms with Gasteiger partial charge in [-0.2, -0.15) is 0 Å². The molecule has 0 bridgehead atoms. The van der Waals surface area contributed by atoms with E-state index in [1.165, 1.54) is 17.4 Å². The van der Waals surface area contributed by atoms with Gasteiger partial charge in [-0.15, -0.1) is 11.3 Å². The summed E-state index contributed by atoms with van der Waals surface area (Å²) in [4.78, 5) is 45.7. The van der Waals surface area contributed by atoms with E-state index >= 15 is 0 Å². The fourth-order valence-corrected chi connectivity index (χ4v) is 6.10. The molecule has 2 atom stereocenters. The summed E-state index contributed by atoms with van der Waals surface area (Å²) in [5, 5.41) is 23.2. The predicted octanol–water partition coefficient (Wildman–Crippen LogP) is 4.01. The van der Waals surface area contributed by atoms with Crippen molar-refractivity contribution in [2.45, 2.75) is 51.4 Å². The van der Waals surface area contributed by atoms with Gasteiger partial charge in [0.25, 0.3) is 11.8 Å². The number of nitrogens with zero attached hydrogens (tertiary/aromatic N) is 2. The number of thiazole rings is 1. The molecule has 46 heavy (non-hydrogen) atoms. The number of aryl methyl sites for hydroxylation is 1. The molecular formula is C35H39N5O5S. The first kappa shape index (κ1) is 32.8. The summed E-state index contributed by atoms with van der Waals surface area (Å²) in [5.74, 6) is -0.135. The van der Waals surface area contributed by atoms with Gasteiger partial charge in [0.05, 0.1) is 25.8 Å². The number of hydrogen-bond donors (Lipinski definition) is 4. The van der Waals surface area contributed by atoms with E-state index in [0.29, 0.717) is 38.0 Å². The number of ether oxygens (including phenoxy) is 1. The average molecular weight is 642 g/mol. The normalized spacial score (nSPS) is 14.2. The van der Waals surface area contributed by atoms with Crippen molar-refractivity contribution in [3.63, 3.8) is 0 Å². The molecule has 1 aliphatic heterocycles. The van der Waals surface area contributed by atoms with Gasteiger partial charge >= 0.3 is 0 Å². The zero-order valence-corrected chi connectivity index (χ0v) is 26.8. The van der Waals surface area contributed by atoms with Crippen molar-refractivity contribution in [3.05, 3.63) is 111 Å². The summed E-state index contributed by atoms with van der Waals surface area (Å²) in [6.07, 6.45) is 0.575. The molecule has 0 saturated carbocycles. The first-order valence-electron chi connectivity index (χ1n) is 15.3. The number of nitrogens with one attached hydrogen (secondary N) is 3. The number of benzene rings is 3. The molecule has 0 aliphatic carbocycles. The van der Waals surface area contributed by atoms with Gasteiger partial charge in [0.1, 0.15) is 10.8 Å². The lowest BCUT2D eigenvalue weighted by Gasteiger charge is -2.25. The van der Waals surface area contributed by atoms with Crippen molar-refractivity contribution in [1.29, 1.82) is 0 Å². The van der Waals surface area contributed by atoms with Gasteiger partial charge in [-0.1, -0.05) is 42.5 Å². The molecule has 240 valence electrons. The summed E-state index contributed by atoms with van der Waals surface area (Å²) in [5.41, 5.74) is 3.81. The van der Waals surface area contributed by atoms with Crippen LogP contribution in [0.25, 0.3) is 0 Å². The summed E-state index contributed by atoms with van der Waals surface area (Å²) in [6, 6.07) is 21.4. The Hall–Kier alpha value is -4.58. The highest BCUT2D eigenvalue weighted by molar-refractivity contribution is 7.09. The van der Waals surface area contributed by atoms with Crippen LogP contribution in [0.15, 0.2) is 78.2 Å². The number of rotatable bonds is 14. The summed E-state index contributed by atoms with van der Waals surface area (Å²) < 4.78 is 5.30. The largest absolute Gasteiger partial charge is 0.497 e. The fraction of sp³-hybridized carbons (Fsp3) is 0.314. The topological polar surface area (TPSA) is 133 Å². The van der Waals surface area contributed by atoms with Crippen molar-refractivity contribution in [1.82, 2.24) is 20.9 Å². The molecule has 0 unspecified atom stereocenters. The monoisotopic (exact) mass is 641 g/mol. The molecule has 1 saturated heterocycles. The molecule has 3 amide bonds. The Morgan fingerprint density at radius 3 is 2.46 bits per heavy atom. The number of hydrogen-bond acceptors (Lipinski definition) is 8. The van der Waals surface area contributed by atoms with Crippen LogP contribution in [0.2, 0.25) is 0 Å². The Morgan fingerprint density at radius 2 is 1.76 bits per heavy atom. The molecule has 5 rings (SSSR count). The Morgan fingerprint density at radius 1 is 1.00 bits per heavy atom. The molecule has 1 fully saturated rings. The average Bonchev–Trinajstić information content (AvgIpc) is 3.70. The molecule has 0 spiro atoms. The molecular weight excluding hydrogens is 602 g/mol. The number of anilines is 1. The standard InChI is InChI=1S/C35H39N5O5S/c1-23-22-46-32(38-23)21-37-34(43)26-16-27(18-28(17-26)40-13-7-12-33(40)42)35(44)39-30(15-24-8-4-3-5-9-24)31(41)20-36-19-25-10-6-11-29(14-25)45-2/h3-6,8-11,14,16-18,22,30-31,36,41H,7,12-13,15,19-21H2,1-2H3,(H,37,43)(H,39,44)/t30-,31+/m0/s1. The van der Waals surface area contributed by atoms with Crippen LogP contribution >= 0.6 is 11.3 Å². The second-order valence-electron chi connectivity index (χ2n) is 11.3. The maximum absolute atomic E-state index is 13.8. The van der Waals surface area contributed by atoms with Gasteiger partial charge in [-0.05, 0) is 61.2 Å². The third-order valence-corrected chi connectivity index (χ3v) is 8.76. The molecule has 4 aromatic rings. The lowest BCUT2D eigenvalue weighted by atomic mass is 10.00. The molecule has 1 aliphatic rings. The van der Waals surface area contributed by atoms with Gasteiger partial charge in [0, 0.05) is 53.9 Å². The predicted molar refractivity (Wildman–Crippen MR) is 178 cm³/mol. The van der Waals surface area contributed by atoms with E-state index in [4.69, 9.17) is 4.74 Å². The van der Waals surface area contributed by atoms with Gasteiger partial charge < -0.3 is 30.7 Å². The number of amides is 3. The van der Waals surface area contributed by atoms with E-state index in [0.717, 1.165) is 27.6 Å². The molecule has 0 radical (unpaired) electrons. The molecule has 3 aromatic carbocycles. The number of aliphatic hydroxyl groups excluding tert-OH is 1. The molecule has 4 N–H and O–H groups in total. The summed E-state index contributed by atoms with van der Waals surface area (Å²) >= 11 is 1.46. The van der Waals surface area contributed by atoms with Crippen LogP contribution in [0.4, 0.5) is 5.69 Å². The van der Waals surface area contributed by atoms with Gasteiger partial charge in [-0.3, -0.25) is 14.4 Å². The maximum Gasteiger partial charge on any atom is 0.251 e. The molecule has 1 aromatic heterocycles. The van der Waals surface area contributed by atoms with Crippen LogP contribution in [-0.4, -0.2) is 60.2 Å². The smallest absolute Gasteiger partial charge is 0.251 e. The SMILES string of the molecule is COc1cccc(CNC[C@@H](O)[C@H](Cc2ccccc2)NC(=O)c2cc(C(=O)NCc3nc(C)cs3)cc(N3CCCC3=O)c2)c1. The van der Waals surface area contributed by atoms with Crippen LogP contribution < -0.4 is 25.6 Å². The van der Waals surface area contributed by atoms with E-state index in [1.54, 1.807) is 24.1 Å². The second-order valence-corrected chi connectivity index (χ2v) is 12.2. The maximum atomic E-state index is 13.8. The van der Waals surface area contributed by atoms with Crippen LogP contribution in [0, 0.1) is 6.92 Å². The van der Waals surface area contributed by atoms with Crippen molar-refractivity contribution >= 4 is 34.7 Å². The van der Waals surface area contributed by atoms with E-state index in [-0.39, 0.29) is 36.0 Å². The van der Waals surface area contributed by atoms with E-state index in [9.17, 15) is 19.5 Å². The zero-order chi connectivity index (χ0) is 32.5. The minimum Gasteiger partial charge on any atom is -0.497 e. The highest BCUT2D eigenvalue weighted by Crippen LogP contribution is 2.25. The Bertz CT molecular complexity index is 1660. The third kappa shape index (κ3) is 8.78. The second kappa shape index (κ2) is 15.6. The molecule has 2 heterocycles. The van der Waals surface area contributed by atoms with Gasteiger partial charge in [-0.25, -0.2) is 4.98 Å². The van der Waals surface area contributed by atoms with E-state index < -0.39 is 18.1 Å². The fourth-order valence-electron chi connectivity index (χ4n) is 5.38. The first-order valence-corrected chi connectivity index (χ1v) is 16.2. The van der Waals surface area contributed by atoms with Crippen molar-refractivity contribution < 1.29 is 24.2 Å². The number of aliphatic hydroxyl groups is 1. The Labute approximate surface area is 272 Å². The van der Waals surface area contributed by atoms with Crippen LogP contribution in [0.3, 0.4) is 0 Å². The van der Waals surface area contributed by atoms with Crippen molar-refractivity contribution in [3.8, 4) is 5.75 Å². The molecule has 11 heteroatoms. The van der Waals surface area contributed by atoms with Crippen LogP contribution in [-0.2, 0) is 24.3 Å². The van der Waals surface area contributed by atoms with Crippen LogP contribution in [0.1, 0.15) is 55.4 Å². The molecule has 10 nitrogen and oxygen atoms in total. The number of carbonyl (C=O) groups is 3. The number of carbonyl (C=O) groups excluding carboxylic acids is 3. The van der Waals surface area contributed by atoms with Crippen LogP contribution in [0.5, 0.6) is 5.75 Å². The first-order chi connectivity index (χ1) is 22.3. The number of methoxy groups -OCH3 is 1. The third-order valence-electron chi connectivity index (χ3n) is 7.79.